The maximum atomic E-state index is 12.7. The highest BCUT2D eigenvalue weighted by Gasteiger charge is 2.49. The van der Waals surface area contributed by atoms with Crippen molar-refractivity contribution in [2.24, 2.45) is 0 Å². The van der Waals surface area contributed by atoms with Crippen LogP contribution < -0.4 is 5.32 Å². The van der Waals surface area contributed by atoms with E-state index in [4.69, 9.17) is 5.11 Å². The van der Waals surface area contributed by atoms with E-state index in [2.05, 4.69) is 0 Å². The minimum absolute atomic E-state index is 0.290. The maximum absolute atomic E-state index is 12.7. The standard InChI is InChI=1S/C12H11F4NO3/c13-10(14)12(15,16)11(20)17-8(9(18)19)6-7-4-2-1-3-5-7/h1-5,8,10H,6H2,(H,17,20)(H,18,19). The van der Waals surface area contributed by atoms with Crippen molar-refractivity contribution in [2.75, 3.05) is 0 Å². The van der Waals surface area contributed by atoms with E-state index < -0.39 is 30.3 Å². The molecule has 0 saturated heterocycles. The van der Waals surface area contributed by atoms with Gasteiger partial charge >= 0.3 is 18.3 Å². The summed E-state index contributed by atoms with van der Waals surface area (Å²) in [5, 5.41) is 10.3. The molecule has 0 aliphatic carbocycles. The van der Waals surface area contributed by atoms with Crippen LogP contribution in [0.5, 0.6) is 0 Å². The Hall–Kier alpha value is -2.12. The van der Waals surface area contributed by atoms with E-state index in [1.165, 1.54) is 17.4 Å². The number of hydrogen-bond donors (Lipinski definition) is 2. The Morgan fingerprint density at radius 3 is 2.20 bits per heavy atom. The molecule has 0 bridgehead atoms. The molecule has 0 aliphatic heterocycles. The van der Waals surface area contributed by atoms with Crippen molar-refractivity contribution in [1.82, 2.24) is 5.32 Å². The van der Waals surface area contributed by atoms with Gasteiger partial charge < -0.3 is 10.4 Å². The molecule has 2 N–H and O–H groups in total. The first kappa shape index (κ1) is 15.9. The number of amides is 1. The molecule has 110 valence electrons. The van der Waals surface area contributed by atoms with Crippen LogP contribution in [-0.4, -0.2) is 35.4 Å². The van der Waals surface area contributed by atoms with Crippen LogP contribution in [0.15, 0.2) is 30.3 Å². The van der Waals surface area contributed by atoms with E-state index in [-0.39, 0.29) is 6.42 Å². The highest BCUT2D eigenvalue weighted by molar-refractivity contribution is 5.88. The lowest BCUT2D eigenvalue weighted by Crippen LogP contribution is -2.52. The van der Waals surface area contributed by atoms with Gasteiger partial charge in [-0.3, -0.25) is 4.79 Å². The van der Waals surface area contributed by atoms with Crippen LogP contribution in [0.25, 0.3) is 0 Å². The van der Waals surface area contributed by atoms with E-state index in [1.807, 2.05) is 0 Å². The second-order valence-electron chi connectivity index (χ2n) is 3.98. The fourth-order valence-electron chi connectivity index (χ4n) is 1.40. The van der Waals surface area contributed by atoms with Gasteiger partial charge in [0.1, 0.15) is 6.04 Å². The molecule has 1 amide bonds. The molecule has 1 atom stereocenters. The molecule has 8 heteroatoms. The second kappa shape index (κ2) is 6.36. The number of rotatable bonds is 6. The number of benzene rings is 1. The average molecular weight is 293 g/mol. The lowest BCUT2D eigenvalue weighted by molar-refractivity contribution is -0.171. The molecule has 1 aromatic carbocycles. The van der Waals surface area contributed by atoms with Gasteiger partial charge in [0.15, 0.2) is 0 Å². The lowest BCUT2D eigenvalue weighted by Gasteiger charge is -2.19. The molecular weight excluding hydrogens is 282 g/mol. The van der Waals surface area contributed by atoms with Crippen molar-refractivity contribution in [3.8, 4) is 0 Å². The van der Waals surface area contributed by atoms with Gasteiger partial charge in [-0.25, -0.2) is 13.6 Å². The number of alkyl halides is 4. The van der Waals surface area contributed by atoms with Crippen molar-refractivity contribution >= 4 is 11.9 Å². The summed E-state index contributed by atoms with van der Waals surface area (Å²) < 4.78 is 49.5. The van der Waals surface area contributed by atoms with Crippen LogP contribution in [0.2, 0.25) is 0 Å². The summed E-state index contributed by atoms with van der Waals surface area (Å²) in [4.78, 5) is 21.9. The van der Waals surface area contributed by atoms with Crippen molar-refractivity contribution in [1.29, 1.82) is 0 Å². The van der Waals surface area contributed by atoms with Crippen molar-refractivity contribution in [3.05, 3.63) is 35.9 Å². The Labute approximate surface area is 111 Å². The summed E-state index contributed by atoms with van der Waals surface area (Å²) in [7, 11) is 0. The average Bonchev–Trinajstić information content (AvgIpc) is 2.38. The molecule has 20 heavy (non-hydrogen) atoms. The highest BCUT2D eigenvalue weighted by Crippen LogP contribution is 2.23. The Balaban J connectivity index is 2.79. The van der Waals surface area contributed by atoms with E-state index in [1.54, 1.807) is 18.2 Å². The monoisotopic (exact) mass is 293 g/mol. The summed E-state index contributed by atoms with van der Waals surface area (Å²) in [6.07, 6.45) is -4.49. The zero-order valence-electron chi connectivity index (χ0n) is 10.0. The fourth-order valence-corrected chi connectivity index (χ4v) is 1.40. The normalized spacial score (nSPS) is 13.1. The quantitative estimate of drug-likeness (QED) is 0.785. The minimum Gasteiger partial charge on any atom is -0.480 e. The lowest BCUT2D eigenvalue weighted by atomic mass is 10.1. The predicted molar refractivity (Wildman–Crippen MR) is 60.7 cm³/mol. The first-order valence-corrected chi connectivity index (χ1v) is 5.48. The summed E-state index contributed by atoms with van der Waals surface area (Å²) in [6.45, 7) is 0. The third-order valence-corrected chi connectivity index (χ3v) is 2.46. The molecular formula is C12H11F4NO3. The van der Waals surface area contributed by atoms with Gasteiger partial charge in [0.25, 0.3) is 5.91 Å². The van der Waals surface area contributed by atoms with Crippen LogP contribution in [-0.2, 0) is 16.0 Å². The number of hydrogen-bond acceptors (Lipinski definition) is 2. The van der Waals surface area contributed by atoms with Crippen molar-refractivity contribution in [3.63, 3.8) is 0 Å². The number of halogens is 4. The molecule has 0 saturated carbocycles. The Morgan fingerprint density at radius 2 is 1.75 bits per heavy atom. The zero-order valence-corrected chi connectivity index (χ0v) is 10.0. The highest BCUT2D eigenvalue weighted by atomic mass is 19.3. The van der Waals surface area contributed by atoms with E-state index in [0.29, 0.717) is 5.56 Å². The maximum Gasteiger partial charge on any atom is 0.383 e. The SMILES string of the molecule is O=C(O)C(Cc1ccccc1)NC(=O)C(F)(F)C(F)F. The second-order valence-corrected chi connectivity index (χ2v) is 3.98. The molecule has 1 aromatic rings. The van der Waals surface area contributed by atoms with Gasteiger partial charge in [-0.1, -0.05) is 30.3 Å². The summed E-state index contributed by atoms with van der Waals surface area (Å²) in [5.74, 6) is -8.83. The summed E-state index contributed by atoms with van der Waals surface area (Å²) >= 11 is 0. The first-order chi connectivity index (χ1) is 9.25. The molecule has 0 aromatic heterocycles. The molecule has 0 spiro atoms. The molecule has 1 rings (SSSR count). The smallest absolute Gasteiger partial charge is 0.383 e. The van der Waals surface area contributed by atoms with Crippen LogP contribution in [0.1, 0.15) is 5.56 Å². The molecule has 0 heterocycles. The molecule has 0 radical (unpaired) electrons. The fraction of sp³-hybridized carbons (Fsp3) is 0.333. The van der Waals surface area contributed by atoms with Gasteiger partial charge in [0, 0.05) is 6.42 Å². The molecule has 0 aliphatic rings. The van der Waals surface area contributed by atoms with Crippen molar-refractivity contribution < 1.29 is 32.3 Å². The van der Waals surface area contributed by atoms with Gasteiger partial charge in [0.2, 0.25) is 0 Å². The Bertz CT molecular complexity index is 479. The van der Waals surface area contributed by atoms with E-state index in [9.17, 15) is 27.2 Å². The van der Waals surface area contributed by atoms with Crippen molar-refractivity contribution in [2.45, 2.75) is 24.8 Å². The molecule has 4 nitrogen and oxygen atoms in total. The number of carbonyl (C=O) groups excluding carboxylic acids is 1. The van der Waals surface area contributed by atoms with Crippen LogP contribution in [0, 0.1) is 0 Å². The summed E-state index contributed by atoms with van der Waals surface area (Å²) in [6, 6.07) is 6.16. The van der Waals surface area contributed by atoms with Gasteiger partial charge in [-0.05, 0) is 5.56 Å². The number of carboxylic acids is 1. The minimum atomic E-state index is -4.93. The Morgan fingerprint density at radius 1 is 1.20 bits per heavy atom. The largest absolute Gasteiger partial charge is 0.480 e. The van der Waals surface area contributed by atoms with E-state index >= 15 is 0 Å². The zero-order chi connectivity index (χ0) is 15.3. The third-order valence-electron chi connectivity index (χ3n) is 2.46. The number of nitrogens with one attached hydrogen (secondary N) is 1. The van der Waals surface area contributed by atoms with Gasteiger partial charge in [-0.2, -0.15) is 8.78 Å². The van der Waals surface area contributed by atoms with Crippen LogP contribution in [0.3, 0.4) is 0 Å². The topological polar surface area (TPSA) is 66.4 Å². The van der Waals surface area contributed by atoms with Crippen LogP contribution >= 0.6 is 0 Å². The molecule has 1 unspecified atom stereocenters. The summed E-state index contributed by atoms with van der Waals surface area (Å²) in [5.41, 5.74) is 0.459. The van der Waals surface area contributed by atoms with E-state index in [0.717, 1.165) is 0 Å². The third kappa shape index (κ3) is 3.94. The number of aliphatic carboxylic acids is 1. The van der Waals surface area contributed by atoms with Crippen LogP contribution in [0.4, 0.5) is 17.6 Å². The van der Waals surface area contributed by atoms with Gasteiger partial charge in [-0.15, -0.1) is 0 Å². The molecule has 0 fully saturated rings. The predicted octanol–water partition coefficient (Wildman–Crippen LogP) is 1.70. The number of carbonyl (C=O) groups is 2. The first-order valence-electron chi connectivity index (χ1n) is 5.48. The van der Waals surface area contributed by atoms with Gasteiger partial charge in [0.05, 0.1) is 0 Å². The Kier molecular flexibility index (Phi) is 5.06. The number of carboxylic acid groups (broad SMARTS) is 1.